The average Bonchev–Trinajstić information content (AvgIpc) is 2.29. The fourth-order valence-corrected chi connectivity index (χ4v) is 1.62. The van der Waals surface area contributed by atoms with Gasteiger partial charge in [0.05, 0.1) is 13.0 Å². The molecule has 4 heteroatoms. The molecule has 0 amide bonds. The van der Waals surface area contributed by atoms with Gasteiger partial charge >= 0.3 is 10.9 Å². The van der Waals surface area contributed by atoms with Gasteiger partial charge in [-0.05, 0) is 35.5 Å². The van der Waals surface area contributed by atoms with Crippen LogP contribution < -0.4 is 5.56 Å². The third-order valence-corrected chi connectivity index (χ3v) is 2.95. The van der Waals surface area contributed by atoms with Crippen molar-refractivity contribution >= 4 is 27.6 Å². The number of aromatic amines is 1. The van der Waals surface area contributed by atoms with E-state index in [9.17, 15) is 4.79 Å². The van der Waals surface area contributed by atoms with Gasteiger partial charge in [-0.25, -0.2) is 4.42 Å². The molecule has 82 valence electrons. The van der Waals surface area contributed by atoms with E-state index in [1.165, 1.54) is 0 Å². The van der Waals surface area contributed by atoms with Crippen molar-refractivity contribution in [3.63, 3.8) is 0 Å². The summed E-state index contributed by atoms with van der Waals surface area (Å²) in [5.74, 6) is 0.755. The molecule has 0 saturated heterocycles. The van der Waals surface area contributed by atoms with Crippen molar-refractivity contribution < 1.29 is 4.42 Å². The van der Waals surface area contributed by atoms with Crippen molar-refractivity contribution in [1.82, 2.24) is 4.98 Å². The maximum atomic E-state index is 11.5. The van der Waals surface area contributed by atoms with E-state index in [0.29, 0.717) is 5.39 Å². The van der Waals surface area contributed by atoms with Gasteiger partial charge in [0.2, 0.25) is 0 Å². The first-order valence-electron chi connectivity index (χ1n) is 4.87. The Kier molecular flexibility index (Phi) is 3.10. The highest BCUT2D eigenvalue weighted by Gasteiger charge is 2.08. The van der Waals surface area contributed by atoms with Gasteiger partial charge in [-0.15, -0.1) is 0 Å². The van der Waals surface area contributed by atoms with Crippen LogP contribution in [0.15, 0.2) is 35.3 Å². The van der Waals surface area contributed by atoms with Crippen LogP contribution in [0.25, 0.3) is 10.8 Å². The minimum absolute atomic E-state index is 0.0744. The molecule has 2 rings (SSSR count). The van der Waals surface area contributed by atoms with Crippen LogP contribution in [0.3, 0.4) is 0 Å². The highest BCUT2D eigenvalue weighted by molar-refractivity contribution is 8.13. The molecular formula is C12H12NO2S+. The van der Waals surface area contributed by atoms with Gasteiger partial charge in [0, 0.05) is 17.6 Å². The zero-order chi connectivity index (χ0) is 11.5. The summed E-state index contributed by atoms with van der Waals surface area (Å²) in [7, 11) is 0. The molecule has 0 fully saturated rings. The molecule has 1 aromatic heterocycles. The Morgan fingerprint density at radius 3 is 2.94 bits per heavy atom. The number of rotatable bonds is 1. The minimum atomic E-state index is -0.0744. The molecule has 0 unspecified atom stereocenters. The number of carbonyl (C=O) groups excluding carboxylic acids is 1. The Labute approximate surface area is 97.2 Å². The van der Waals surface area contributed by atoms with Gasteiger partial charge in [0.15, 0.2) is 0 Å². The summed E-state index contributed by atoms with van der Waals surface area (Å²) in [6.07, 6.45) is 3.60. The summed E-state index contributed by atoms with van der Waals surface area (Å²) in [6.45, 7) is 1.91. The van der Waals surface area contributed by atoms with E-state index < -0.39 is 0 Å². The highest BCUT2D eigenvalue weighted by atomic mass is 32.2. The predicted octanol–water partition coefficient (Wildman–Crippen LogP) is 2.69. The van der Waals surface area contributed by atoms with Crippen molar-refractivity contribution in [1.29, 1.82) is 0 Å². The molecule has 0 aliphatic carbocycles. The summed E-state index contributed by atoms with van der Waals surface area (Å²) in [5.41, 5.74) is -0.0744. The zero-order valence-electron chi connectivity index (χ0n) is 9.11. The Balaban J connectivity index is 2.57. The van der Waals surface area contributed by atoms with E-state index in [-0.39, 0.29) is 5.56 Å². The second kappa shape index (κ2) is 4.53. The summed E-state index contributed by atoms with van der Waals surface area (Å²) >= 11 is 1.55. The molecule has 0 atom stereocenters. The Bertz CT molecular complexity index is 601. The quantitative estimate of drug-likeness (QED) is 0.771. The SMILES string of the molecule is CSC(C)=[O+]c1ccc2c(=O)[nH]ccc2c1. The highest BCUT2D eigenvalue weighted by Crippen LogP contribution is 2.18. The van der Waals surface area contributed by atoms with E-state index in [1.807, 2.05) is 25.3 Å². The Hall–Kier alpha value is -1.55. The number of thioether (sulfide) groups is 1. The first-order valence-corrected chi connectivity index (χ1v) is 6.10. The van der Waals surface area contributed by atoms with Crippen molar-refractivity contribution in [2.45, 2.75) is 6.92 Å². The van der Waals surface area contributed by atoms with E-state index in [2.05, 4.69) is 4.98 Å². The van der Waals surface area contributed by atoms with Crippen LogP contribution in [-0.4, -0.2) is 16.4 Å². The van der Waals surface area contributed by atoms with Gasteiger partial charge < -0.3 is 4.98 Å². The molecule has 16 heavy (non-hydrogen) atoms. The molecule has 1 N–H and O–H groups in total. The van der Waals surface area contributed by atoms with Crippen molar-refractivity contribution in [3.05, 3.63) is 40.8 Å². The van der Waals surface area contributed by atoms with E-state index in [1.54, 1.807) is 30.1 Å². The van der Waals surface area contributed by atoms with Crippen LogP contribution >= 0.6 is 11.8 Å². The number of hydrogen-bond acceptors (Lipinski definition) is 2. The van der Waals surface area contributed by atoms with Gasteiger partial charge in [-0.2, -0.15) is 0 Å². The number of hydrogen-bond donors (Lipinski definition) is 1. The molecule has 0 radical (unpaired) electrons. The molecule has 1 aromatic carbocycles. The van der Waals surface area contributed by atoms with Crippen molar-refractivity contribution in [3.8, 4) is 5.75 Å². The van der Waals surface area contributed by atoms with Crippen LogP contribution in [0.4, 0.5) is 0 Å². The largest absolute Gasteiger partial charge is 0.360 e. The van der Waals surface area contributed by atoms with Gasteiger partial charge in [0.1, 0.15) is 0 Å². The molecular weight excluding hydrogens is 222 g/mol. The maximum absolute atomic E-state index is 11.5. The lowest BCUT2D eigenvalue weighted by atomic mass is 10.2. The molecule has 0 aliphatic rings. The van der Waals surface area contributed by atoms with Gasteiger partial charge in [-0.1, -0.05) is 0 Å². The molecule has 3 nitrogen and oxygen atoms in total. The lowest BCUT2D eigenvalue weighted by Crippen LogP contribution is -2.03. The summed E-state index contributed by atoms with van der Waals surface area (Å²) in [6, 6.07) is 7.30. The molecule has 0 saturated carbocycles. The summed E-state index contributed by atoms with van der Waals surface area (Å²) < 4.78 is 5.58. The molecule has 0 aliphatic heterocycles. The van der Waals surface area contributed by atoms with Gasteiger partial charge in [0.25, 0.3) is 5.56 Å². The number of aromatic nitrogens is 1. The lowest BCUT2D eigenvalue weighted by molar-refractivity contribution is -0.362. The second-order valence-corrected chi connectivity index (χ2v) is 4.34. The third-order valence-electron chi connectivity index (χ3n) is 2.29. The number of fused-ring (bicyclic) bond motifs is 1. The first kappa shape index (κ1) is 11.0. The molecule has 0 bridgehead atoms. The fourth-order valence-electron chi connectivity index (χ4n) is 1.44. The smallest absolute Gasteiger partial charge is 0.329 e. The van der Waals surface area contributed by atoms with E-state index in [4.69, 9.17) is 4.42 Å². The number of benzene rings is 1. The summed E-state index contributed by atoms with van der Waals surface area (Å²) in [5, 5.41) is 2.44. The fraction of sp³-hybridized carbons (Fsp3) is 0.167. The molecule has 1 heterocycles. The first-order chi connectivity index (χ1) is 7.70. The topological polar surface area (TPSA) is 44.2 Å². The maximum Gasteiger partial charge on any atom is 0.360 e. The number of pyridine rings is 1. The van der Waals surface area contributed by atoms with E-state index in [0.717, 1.165) is 16.3 Å². The Morgan fingerprint density at radius 1 is 1.38 bits per heavy atom. The van der Waals surface area contributed by atoms with Crippen LogP contribution in [0, 0.1) is 0 Å². The normalized spacial score (nSPS) is 12.0. The second-order valence-electron chi connectivity index (χ2n) is 3.35. The van der Waals surface area contributed by atoms with Crippen LogP contribution in [0.5, 0.6) is 5.75 Å². The monoisotopic (exact) mass is 234 g/mol. The number of H-pyrrole nitrogens is 1. The predicted molar refractivity (Wildman–Crippen MR) is 68.2 cm³/mol. The Morgan fingerprint density at radius 2 is 2.19 bits per heavy atom. The standard InChI is InChI=1S/C12H11NO2S/c1-8(16-2)15-10-3-4-11-9(7-10)5-6-13-12(11)14/h3-7H,1-2H3/p+1. The van der Waals surface area contributed by atoms with Crippen molar-refractivity contribution in [2.75, 3.05) is 6.26 Å². The van der Waals surface area contributed by atoms with Crippen molar-refractivity contribution in [2.24, 2.45) is 0 Å². The van der Waals surface area contributed by atoms with Crippen LogP contribution in [0.1, 0.15) is 6.92 Å². The van der Waals surface area contributed by atoms with E-state index >= 15 is 0 Å². The van der Waals surface area contributed by atoms with Crippen LogP contribution in [0.2, 0.25) is 0 Å². The number of nitrogens with one attached hydrogen (secondary N) is 1. The molecule has 0 spiro atoms. The van der Waals surface area contributed by atoms with Crippen LogP contribution in [-0.2, 0) is 4.42 Å². The summed E-state index contributed by atoms with van der Waals surface area (Å²) in [4.78, 5) is 14.1. The minimum Gasteiger partial charge on any atom is -0.329 e. The van der Waals surface area contributed by atoms with Gasteiger partial charge in [-0.3, -0.25) is 4.79 Å². The lowest BCUT2D eigenvalue weighted by Gasteiger charge is -1.93. The zero-order valence-corrected chi connectivity index (χ0v) is 9.93. The average molecular weight is 234 g/mol. The third kappa shape index (κ3) is 2.17. The molecule has 2 aromatic rings.